The van der Waals surface area contributed by atoms with Crippen LogP contribution >= 0.6 is 0 Å². The van der Waals surface area contributed by atoms with E-state index in [1.165, 1.54) is 0 Å². The minimum absolute atomic E-state index is 0.125. The van der Waals surface area contributed by atoms with Crippen molar-refractivity contribution < 1.29 is 14.4 Å². The van der Waals surface area contributed by atoms with Gasteiger partial charge in [0.25, 0.3) is 0 Å². The zero-order valence-corrected chi connectivity index (χ0v) is 9.49. The first-order chi connectivity index (χ1) is 7.01. The Balaban J connectivity index is 2.50. The van der Waals surface area contributed by atoms with Crippen LogP contribution in [-0.4, -0.2) is 18.3 Å². The summed E-state index contributed by atoms with van der Waals surface area (Å²) in [6.45, 7) is 6.66. The number of benzene rings is 1. The van der Waals surface area contributed by atoms with Crippen molar-refractivity contribution >= 4 is 7.69 Å². The van der Waals surface area contributed by atoms with Crippen molar-refractivity contribution in [2.24, 2.45) is 0 Å². The third kappa shape index (κ3) is 4.86. The van der Waals surface area contributed by atoms with Gasteiger partial charge in [0.2, 0.25) is 0 Å². The Kier molecular flexibility index (Phi) is 4.18. The Morgan fingerprint density at radius 1 is 1.20 bits per heavy atom. The molecular formula is C11H17BO3. The van der Waals surface area contributed by atoms with Crippen LogP contribution in [0.15, 0.2) is 24.3 Å². The molecule has 0 amide bonds. The van der Waals surface area contributed by atoms with E-state index in [4.69, 9.17) is 14.4 Å². The molecule has 1 aromatic rings. The van der Waals surface area contributed by atoms with Gasteiger partial charge in [0.1, 0.15) is 5.75 Å². The molecule has 0 bridgehead atoms. The van der Waals surface area contributed by atoms with Gasteiger partial charge in [-0.05, 0) is 38.5 Å². The van der Waals surface area contributed by atoms with Gasteiger partial charge in [-0.25, -0.2) is 0 Å². The number of hydrogen-bond acceptors (Lipinski definition) is 3. The Morgan fingerprint density at radius 3 is 2.27 bits per heavy atom. The number of hydrogen-bond donors (Lipinski definition) is 1. The normalized spacial score (nSPS) is 11.2. The van der Waals surface area contributed by atoms with E-state index in [0.29, 0.717) is 12.4 Å². The monoisotopic (exact) mass is 208 g/mol. The smallest absolute Gasteiger partial charge is 0.504 e. The average Bonchev–Trinajstić information content (AvgIpc) is 2.16. The molecule has 0 aliphatic heterocycles. The highest BCUT2D eigenvalue weighted by atomic mass is 16.5. The molecule has 0 atom stereocenters. The maximum Gasteiger partial charge on any atom is 0.504 e. The van der Waals surface area contributed by atoms with Gasteiger partial charge in [-0.3, -0.25) is 0 Å². The maximum atomic E-state index is 8.55. The minimum atomic E-state index is -0.294. The zero-order valence-electron chi connectivity index (χ0n) is 9.49. The molecule has 4 heteroatoms. The summed E-state index contributed by atoms with van der Waals surface area (Å²) in [7, 11) is -0.294. The summed E-state index contributed by atoms with van der Waals surface area (Å²) in [6, 6.07) is 7.49. The lowest BCUT2D eigenvalue weighted by molar-refractivity contribution is -0.0149. The predicted molar refractivity (Wildman–Crippen MR) is 61.0 cm³/mol. The van der Waals surface area contributed by atoms with E-state index in [9.17, 15) is 0 Å². The van der Waals surface area contributed by atoms with Gasteiger partial charge >= 0.3 is 7.69 Å². The molecule has 0 aliphatic carbocycles. The maximum absolute atomic E-state index is 8.55. The SMILES string of the molecule is CC(C)(C)OCc1ccc(OBO)cc1. The first kappa shape index (κ1) is 12.1. The summed E-state index contributed by atoms with van der Waals surface area (Å²) >= 11 is 0. The van der Waals surface area contributed by atoms with E-state index in [1.807, 2.05) is 45.0 Å². The zero-order chi connectivity index (χ0) is 11.3. The standard InChI is InChI=1S/C11H17BO3/c1-11(2,3)14-8-9-4-6-10(7-5-9)15-12-13/h4-7,12-13H,8H2,1-3H3. The largest absolute Gasteiger partial charge is 0.539 e. The van der Waals surface area contributed by atoms with Crippen molar-refractivity contribution in [3.63, 3.8) is 0 Å². The fourth-order valence-electron chi connectivity index (χ4n) is 1.06. The average molecular weight is 208 g/mol. The third-order valence-corrected chi connectivity index (χ3v) is 1.83. The van der Waals surface area contributed by atoms with Crippen molar-refractivity contribution in [3.05, 3.63) is 29.8 Å². The van der Waals surface area contributed by atoms with Crippen LogP contribution in [0.5, 0.6) is 5.75 Å². The van der Waals surface area contributed by atoms with Crippen LogP contribution in [0.1, 0.15) is 26.3 Å². The summed E-state index contributed by atoms with van der Waals surface area (Å²) < 4.78 is 10.5. The highest BCUT2D eigenvalue weighted by Gasteiger charge is 2.09. The lowest BCUT2D eigenvalue weighted by Crippen LogP contribution is -2.18. The van der Waals surface area contributed by atoms with Gasteiger partial charge in [-0.2, -0.15) is 0 Å². The minimum Gasteiger partial charge on any atom is -0.539 e. The van der Waals surface area contributed by atoms with E-state index < -0.39 is 0 Å². The highest BCUT2D eigenvalue weighted by molar-refractivity contribution is 6.17. The van der Waals surface area contributed by atoms with E-state index >= 15 is 0 Å². The molecule has 15 heavy (non-hydrogen) atoms. The fraction of sp³-hybridized carbons (Fsp3) is 0.455. The van der Waals surface area contributed by atoms with E-state index in [-0.39, 0.29) is 13.3 Å². The Labute approximate surface area is 91.3 Å². The quantitative estimate of drug-likeness (QED) is 0.764. The van der Waals surface area contributed by atoms with Crippen LogP contribution in [-0.2, 0) is 11.3 Å². The van der Waals surface area contributed by atoms with Crippen LogP contribution in [0, 0.1) is 0 Å². The van der Waals surface area contributed by atoms with Crippen LogP contribution in [0.25, 0.3) is 0 Å². The molecule has 0 aliphatic rings. The molecule has 3 nitrogen and oxygen atoms in total. The van der Waals surface area contributed by atoms with E-state index in [2.05, 4.69) is 0 Å². The molecule has 0 aromatic heterocycles. The van der Waals surface area contributed by atoms with Gasteiger partial charge in [-0.15, -0.1) is 0 Å². The van der Waals surface area contributed by atoms with Crippen LogP contribution in [0.2, 0.25) is 0 Å². The van der Waals surface area contributed by atoms with Crippen molar-refractivity contribution in [1.82, 2.24) is 0 Å². The Bertz CT molecular complexity index is 290. The molecule has 0 fully saturated rings. The molecule has 1 rings (SSSR count). The summed E-state index contributed by atoms with van der Waals surface area (Å²) in [5.41, 5.74) is 0.968. The van der Waals surface area contributed by atoms with Crippen LogP contribution in [0.3, 0.4) is 0 Å². The Morgan fingerprint density at radius 2 is 1.80 bits per heavy atom. The molecular weight excluding hydrogens is 191 g/mol. The van der Waals surface area contributed by atoms with E-state index in [0.717, 1.165) is 5.56 Å². The first-order valence-electron chi connectivity index (χ1n) is 4.98. The molecule has 82 valence electrons. The molecule has 0 radical (unpaired) electrons. The lowest BCUT2D eigenvalue weighted by atomic mass is 10.2. The first-order valence-corrected chi connectivity index (χ1v) is 4.98. The van der Waals surface area contributed by atoms with Crippen LogP contribution < -0.4 is 4.65 Å². The Hall–Kier alpha value is -0.995. The summed E-state index contributed by atoms with van der Waals surface area (Å²) in [5.74, 6) is 0.664. The van der Waals surface area contributed by atoms with Crippen LogP contribution in [0.4, 0.5) is 0 Å². The van der Waals surface area contributed by atoms with Gasteiger partial charge in [0.05, 0.1) is 12.2 Å². The second kappa shape index (κ2) is 5.19. The lowest BCUT2D eigenvalue weighted by Gasteiger charge is -2.19. The van der Waals surface area contributed by atoms with Gasteiger partial charge in [-0.1, -0.05) is 12.1 Å². The van der Waals surface area contributed by atoms with Crippen molar-refractivity contribution in [1.29, 1.82) is 0 Å². The topological polar surface area (TPSA) is 38.7 Å². The number of rotatable bonds is 4. The summed E-state index contributed by atoms with van der Waals surface area (Å²) in [5, 5.41) is 8.55. The van der Waals surface area contributed by atoms with Crippen molar-refractivity contribution in [2.45, 2.75) is 33.0 Å². The molecule has 0 saturated heterocycles. The molecule has 1 N–H and O–H groups in total. The highest BCUT2D eigenvalue weighted by Crippen LogP contribution is 2.15. The molecule has 0 spiro atoms. The molecule has 0 saturated carbocycles. The van der Waals surface area contributed by atoms with Gasteiger partial charge < -0.3 is 14.4 Å². The van der Waals surface area contributed by atoms with Crippen molar-refractivity contribution in [2.75, 3.05) is 0 Å². The molecule has 0 heterocycles. The molecule has 0 unspecified atom stereocenters. The van der Waals surface area contributed by atoms with Gasteiger partial charge in [0, 0.05) is 0 Å². The van der Waals surface area contributed by atoms with E-state index in [1.54, 1.807) is 0 Å². The second-order valence-corrected chi connectivity index (χ2v) is 4.32. The summed E-state index contributed by atoms with van der Waals surface area (Å²) in [4.78, 5) is 0. The summed E-state index contributed by atoms with van der Waals surface area (Å²) in [6.07, 6.45) is 0. The number of ether oxygens (including phenoxy) is 1. The second-order valence-electron chi connectivity index (χ2n) is 4.32. The third-order valence-electron chi connectivity index (χ3n) is 1.83. The van der Waals surface area contributed by atoms with Crippen molar-refractivity contribution in [3.8, 4) is 5.75 Å². The fourth-order valence-corrected chi connectivity index (χ4v) is 1.06. The molecule has 1 aromatic carbocycles. The van der Waals surface area contributed by atoms with Gasteiger partial charge in [0.15, 0.2) is 0 Å². The predicted octanol–water partition coefficient (Wildman–Crippen LogP) is 1.64.